The largest absolute Gasteiger partial charge is 0.326 e. The maximum atomic E-state index is 11.2. The zero-order valence-electron chi connectivity index (χ0n) is 6.37. The molecule has 0 spiro atoms. The molecule has 0 aliphatic carbocycles. The van der Waals surface area contributed by atoms with Gasteiger partial charge in [-0.1, -0.05) is 0 Å². The van der Waals surface area contributed by atoms with Crippen molar-refractivity contribution < 1.29 is 4.79 Å². The summed E-state index contributed by atoms with van der Waals surface area (Å²) < 4.78 is 1.50. The van der Waals surface area contributed by atoms with Crippen molar-refractivity contribution in [1.29, 1.82) is 0 Å². The number of nitrogens with one attached hydrogen (secondary N) is 1. The van der Waals surface area contributed by atoms with Crippen molar-refractivity contribution in [2.75, 3.05) is 0 Å². The molecule has 0 radical (unpaired) electrons. The Labute approximate surface area is 73.0 Å². The minimum Gasteiger partial charge on any atom is -0.309 e. The van der Waals surface area contributed by atoms with Crippen molar-refractivity contribution in [3.63, 3.8) is 0 Å². The van der Waals surface area contributed by atoms with Crippen LogP contribution in [0, 0.1) is 0 Å². The first kappa shape index (κ1) is 7.67. The van der Waals surface area contributed by atoms with E-state index in [0.29, 0.717) is 0 Å². The Morgan fingerprint density at radius 1 is 1.58 bits per heavy atom. The van der Waals surface area contributed by atoms with E-state index in [1.54, 1.807) is 11.8 Å². The number of thioether (sulfide) groups is 1. The Kier molecular flexibility index (Phi) is 1.80. The normalized spacial score (nSPS) is 14.7. The van der Waals surface area contributed by atoms with E-state index >= 15 is 0 Å². The van der Waals surface area contributed by atoms with Gasteiger partial charge in [-0.2, -0.15) is 0 Å². The molecule has 12 heavy (non-hydrogen) atoms. The van der Waals surface area contributed by atoms with Crippen LogP contribution >= 0.6 is 11.8 Å². The first-order valence-corrected chi connectivity index (χ1v) is 4.80. The fourth-order valence-electron chi connectivity index (χ4n) is 1.36. The van der Waals surface area contributed by atoms with Crippen LogP contribution in [0.25, 0.3) is 0 Å². The number of hydrogen-bond donors (Lipinski definition) is 1. The molecule has 2 heterocycles. The van der Waals surface area contributed by atoms with Gasteiger partial charge in [0.1, 0.15) is 6.29 Å². The van der Waals surface area contributed by atoms with Crippen LogP contribution < -0.4 is 5.69 Å². The summed E-state index contributed by atoms with van der Waals surface area (Å²) in [6.07, 6.45) is 0.749. The van der Waals surface area contributed by atoms with E-state index in [2.05, 4.69) is 4.98 Å². The number of carbonyl (C=O) groups excluding carboxylic acids is 1. The summed E-state index contributed by atoms with van der Waals surface area (Å²) >= 11 is 1.75. The number of aromatic nitrogens is 2. The lowest BCUT2D eigenvalue weighted by atomic mass is 10.4. The molecule has 64 valence electrons. The van der Waals surface area contributed by atoms with Crippen LogP contribution in [0.1, 0.15) is 11.4 Å². The summed E-state index contributed by atoms with van der Waals surface area (Å²) in [6, 6.07) is 0. The second-order valence-corrected chi connectivity index (χ2v) is 3.61. The van der Waals surface area contributed by atoms with Crippen molar-refractivity contribution in [3.8, 4) is 0 Å². The Morgan fingerprint density at radius 3 is 3.17 bits per heavy atom. The molecule has 1 N–H and O–H groups in total. The van der Waals surface area contributed by atoms with E-state index in [1.807, 2.05) is 0 Å². The third kappa shape index (κ3) is 1.01. The summed E-state index contributed by atoms with van der Waals surface area (Å²) in [6.45, 7) is 0.172. The van der Waals surface area contributed by atoms with Gasteiger partial charge in [-0.3, -0.25) is 4.57 Å². The van der Waals surface area contributed by atoms with Gasteiger partial charge in [-0.15, -0.1) is 11.8 Å². The summed E-state index contributed by atoms with van der Waals surface area (Å²) in [7, 11) is 0. The van der Waals surface area contributed by atoms with Gasteiger partial charge in [-0.25, -0.2) is 4.79 Å². The number of hydrogen-bond acceptors (Lipinski definition) is 3. The fourth-order valence-corrected chi connectivity index (χ4v) is 2.42. The zero-order valence-corrected chi connectivity index (χ0v) is 7.19. The number of imidazole rings is 1. The van der Waals surface area contributed by atoms with Gasteiger partial charge in [0.25, 0.3) is 0 Å². The summed E-state index contributed by atoms with van der Waals surface area (Å²) in [4.78, 5) is 24.2. The van der Waals surface area contributed by atoms with Crippen LogP contribution in [0.5, 0.6) is 0 Å². The average Bonchev–Trinajstić information content (AvgIpc) is 2.56. The number of aldehydes is 1. The summed E-state index contributed by atoms with van der Waals surface area (Å²) in [5.41, 5.74) is 1.80. The molecule has 5 heteroatoms. The Hall–Kier alpha value is -0.970. The zero-order chi connectivity index (χ0) is 8.55. The predicted octanol–water partition coefficient (Wildman–Crippen LogP) is 0.122. The molecular weight excluding hydrogens is 176 g/mol. The average molecular weight is 184 g/mol. The Balaban J connectivity index is 2.51. The topological polar surface area (TPSA) is 54.9 Å². The van der Waals surface area contributed by atoms with Gasteiger partial charge in [0.2, 0.25) is 0 Å². The van der Waals surface area contributed by atoms with Crippen LogP contribution in [0.2, 0.25) is 0 Å². The molecule has 0 fully saturated rings. The SMILES string of the molecule is O=CCn1c2c([nH]c1=O)CSC2. The maximum absolute atomic E-state index is 11.2. The standard InChI is InChI=1S/C7H8N2O2S/c10-2-1-9-6-4-12-3-5(6)8-7(9)11/h2H,1,3-4H2,(H,8,11). The molecule has 0 aromatic carbocycles. The lowest BCUT2D eigenvalue weighted by Gasteiger charge is -1.96. The lowest BCUT2D eigenvalue weighted by molar-refractivity contribution is -0.108. The third-order valence-electron chi connectivity index (χ3n) is 1.92. The number of fused-ring (bicyclic) bond motifs is 1. The van der Waals surface area contributed by atoms with E-state index < -0.39 is 0 Å². The van der Waals surface area contributed by atoms with Gasteiger partial charge in [0, 0.05) is 17.2 Å². The highest BCUT2D eigenvalue weighted by Gasteiger charge is 2.18. The molecule has 4 nitrogen and oxygen atoms in total. The predicted molar refractivity (Wildman–Crippen MR) is 46.1 cm³/mol. The lowest BCUT2D eigenvalue weighted by Crippen LogP contribution is -2.19. The van der Waals surface area contributed by atoms with Crippen LogP contribution in [0.4, 0.5) is 0 Å². The number of nitrogens with zero attached hydrogens (tertiary/aromatic N) is 1. The quantitative estimate of drug-likeness (QED) is 0.664. The molecule has 2 rings (SSSR count). The van der Waals surface area contributed by atoms with Crippen LogP contribution in [-0.2, 0) is 22.8 Å². The van der Waals surface area contributed by atoms with E-state index in [1.165, 1.54) is 4.57 Å². The number of H-pyrrole nitrogens is 1. The molecule has 1 aromatic heterocycles. The van der Waals surface area contributed by atoms with Crippen LogP contribution in [0.3, 0.4) is 0 Å². The minimum atomic E-state index is -0.160. The van der Waals surface area contributed by atoms with Gasteiger partial charge in [0.05, 0.1) is 12.2 Å². The molecule has 1 aliphatic rings. The number of aromatic amines is 1. The van der Waals surface area contributed by atoms with Gasteiger partial charge < -0.3 is 9.78 Å². The Morgan fingerprint density at radius 2 is 2.42 bits per heavy atom. The van der Waals surface area contributed by atoms with Gasteiger partial charge >= 0.3 is 5.69 Å². The number of carbonyl (C=O) groups is 1. The van der Waals surface area contributed by atoms with Gasteiger partial charge in [0.15, 0.2) is 0 Å². The highest BCUT2D eigenvalue weighted by Crippen LogP contribution is 2.26. The van der Waals surface area contributed by atoms with Gasteiger partial charge in [-0.05, 0) is 0 Å². The van der Waals surface area contributed by atoms with E-state index in [-0.39, 0.29) is 12.2 Å². The third-order valence-corrected chi connectivity index (χ3v) is 2.89. The first-order valence-electron chi connectivity index (χ1n) is 3.65. The molecule has 0 bridgehead atoms. The van der Waals surface area contributed by atoms with Crippen LogP contribution in [0.15, 0.2) is 4.79 Å². The van der Waals surface area contributed by atoms with Crippen molar-refractivity contribution in [3.05, 3.63) is 21.9 Å². The molecule has 0 saturated carbocycles. The summed E-state index contributed by atoms with van der Waals surface area (Å²) in [5, 5.41) is 0. The highest BCUT2D eigenvalue weighted by atomic mass is 32.2. The van der Waals surface area contributed by atoms with E-state index in [9.17, 15) is 9.59 Å². The van der Waals surface area contributed by atoms with Crippen molar-refractivity contribution in [2.24, 2.45) is 0 Å². The maximum Gasteiger partial charge on any atom is 0.326 e. The molecule has 0 atom stereocenters. The first-order chi connectivity index (χ1) is 5.83. The van der Waals surface area contributed by atoms with E-state index in [0.717, 1.165) is 29.2 Å². The number of rotatable bonds is 2. The van der Waals surface area contributed by atoms with Crippen molar-refractivity contribution in [2.45, 2.75) is 18.1 Å². The highest BCUT2D eigenvalue weighted by molar-refractivity contribution is 7.98. The minimum absolute atomic E-state index is 0.160. The van der Waals surface area contributed by atoms with E-state index in [4.69, 9.17) is 0 Å². The van der Waals surface area contributed by atoms with Crippen molar-refractivity contribution in [1.82, 2.24) is 9.55 Å². The molecule has 1 aromatic rings. The van der Waals surface area contributed by atoms with Crippen LogP contribution in [-0.4, -0.2) is 15.8 Å². The molecule has 0 saturated heterocycles. The molecule has 0 amide bonds. The smallest absolute Gasteiger partial charge is 0.309 e. The fraction of sp³-hybridized carbons (Fsp3) is 0.429. The second-order valence-electron chi connectivity index (χ2n) is 2.63. The molecule has 1 aliphatic heterocycles. The summed E-state index contributed by atoms with van der Waals surface area (Å²) in [5.74, 6) is 1.69. The molecule has 0 unspecified atom stereocenters. The molecular formula is C7H8N2O2S. The Bertz CT molecular complexity index is 366. The monoisotopic (exact) mass is 184 g/mol. The second kappa shape index (κ2) is 2.82. The van der Waals surface area contributed by atoms with Crippen molar-refractivity contribution >= 4 is 18.0 Å².